The van der Waals surface area contributed by atoms with Gasteiger partial charge in [0.25, 0.3) is 0 Å². The predicted molar refractivity (Wildman–Crippen MR) is 140 cm³/mol. The van der Waals surface area contributed by atoms with E-state index in [2.05, 4.69) is 59.4 Å². The van der Waals surface area contributed by atoms with Crippen LogP contribution in [0.1, 0.15) is 69.8 Å². The fourth-order valence-electron chi connectivity index (χ4n) is 5.86. The zero-order chi connectivity index (χ0) is 25.2. The van der Waals surface area contributed by atoms with E-state index < -0.39 is 0 Å². The summed E-state index contributed by atoms with van der Waals surface area (Å²) in [6, 6.07) is 11.9. The van der Waals surface area contributed by atoms with Crippen LogP contribution in [0.2, 0.25) is 0 Å². The molecule has 3 heterocycles. The second-order valence-electron chi connectivity index (χ2n) is 10.2. The van der Waals surface area contributed by atoms with Gasteiger partial charge in [0.15, 0.2) is 0 Å². The number of benzene rings is 1. The summed E-state index contributed by atoms with van der Waals surface area (Å²) in [5.41, 5.74) is 5.99. The monoisotopic (exact) mass is 485 g/mol. The van der Waals surface area contributed by atoms with Crippen LogP contribution >= 0.6 is 0 Å². The molecule has 8 heteroatoms. The first-order valence-corrected chi connectivity index (χ1v) is 13.1. The molecule has 0 bridgehead atoms. The minimum Gasteiger partial charge on any atom is -0.309 e. The largest absolute Gasteiger partial charge is 0.326 e. The van der Waals surface area contributed by atoms with Crippen LogP contribution in [0.5, 0.6) is 0 Å². The van der Waals surface area contributed by atoms with Crippen molar-refractivity contribution in [2.24, 2.45) is 17.8 Å². The second-order valence-corrected chi connectivity index (χ2v) is 10.2. The number of nitrogens with one attached hydrogen (secondary N) is 2. The molecule has 1 aromatic carbocycles. The Bertz CT molecular complexity index is 1350. The maximum absolute atomic E-state index is 13.2. The zero-order valence-corrected chi connectivity index (χ0v) is 21.5. The minimum atomic E-state index is -0.00751. The number of rotatable bonds is 10. The van der Waals surface area contributed by atoms with Crippen molar-refractivity contribution in [3.8, 4) is 22.6 Å². The number of tetrazole rings is 1. The Kier molecular flexibility index (Phi) is 6.85. The van der Waals surface area contributed by atoms with Gasteiger partial charge in [-0.1, -0.05) is 70.9 Å². The maximum Gasteiger partial charge on any atom is 0.326 e. The molecule has 36 heavy (non-hydrogen) atoms. The van der Waals surface area contributed by atoms with E-state index in [0.717, 1.165) is 48.1 Å². The SMILES string of the molecule is CCCCc1c(C2C(CC)C2C(C)C)[nH]c(=O)n1Cc1ccc(-c2ccccc2-c2nn[nH]n2)nc1. The van der Waals surface area contributed by atoms with Gasteiger partial charge in [-0.25, -0.2) is 4.79 Å². The number of unbranched alkanes of at least 4 members (excludes halogenated alkanes) is 1. The minimum absolute atomic E-state index is 0.00751. The number of pyridine rings is 1. The summed E-state index contributed by atoms with van der Waals surface area (Å²) in [6.45, 7) is 9.60. The van der Waals surface area contributed by atoms with Crippen LogP contribution in [0.15, 0.2) is 47.4 Å². The first kappa shape index (κ1) is 24.2. The van der Waals surface area contributed by atoms with Crippen molar-refractivity contribution < 1.29 is 0 Å². The number of aromatic amines is 2. The lowest BCUT2D eigenvalue weighted by Crippen LogP contribution is -2.19. The van der Waals surface area contributed by atoms with Gasteiger partial charge in [0.1, 0.15) is 0 Å². The van der Waals surface area contributed by atoms with Crippen molar-refractivity contribution in [2.45, 2.75) is 65.8 Å². The Labute approximate surface area is 211 Å². The molecule has 5 rings (SSSR count). The van der Waals surface area contributed by atoms with E-state index in [-0.39, 0.29) is 5.69 Å². The molecule has 0 spiro atoms. The quantitative estimate of drug-likeness (QED) is 0.321. The maximum atomic E-state index is 13.2. The summed E-state index contributed by atoms with van der Waals surface area (Å²) in [6.07, 6.45) is 6.12. The molecule has 2 N–H and O–H groups in total. The molecule has 188 valence electrons. The van der Waals surface area contributed by atoms with Crippen LogP contribution in [-0.4, -0.2) is 35.2 Å². The topological polar surface area (TPSA) is 105 Å². The van der Waals surface area contributed by atoms with Gasteiger partial charge >= 0.3 is 5.69 Å². The molecule has 3 aromatic heterocycles. The lowest BCUT2D eigenvalue weighted by molar-refractivity contribution is 0.507. The Morgan fingerprint density at radius 3 is 2.50 bits per heavy atom. The number of H-pyrrole nitrogens is 2. The van der Waals surface area contributed by atoms with Crippen LogP contribution in [0, 0.1) is 17.8 Å². The van der Waals surface area contributed by atoms with Gasteiger partial charge in [-0.05, 0) is 47.4 Å². The molecule has 0 radical (unpaired) electrons. The van der Waals surface area contributed by atoms with E-state index in [1.807, 2.05) is 41.1 Å². The highest BCUT2D eigenvalue weighted by molar-refractivity contribution is 5.78. The van der Waals surface area contributed by atoms with E-state index in [1.165, 1.54) is 11.4 Å². The molecule has 1 fully saturated rings. The van der Waals surface area contributed by atoms with Crippen LogP contribution in [0.4, 0.5) is 0 Å². The normalized spacial score (nSPS) is 19.2. The Hall–Kier alpha value is -3.55. The summed E-state index contributed by atoms with van der Waals surface area (Å²) in [4.78, 5) is 21.2. The van der Waals surface area contributed by atoms with Crippen molar-refractivity contribution in [3.63, 3.8) is 0 Å². The van der Waals surface area contributed by atoms with Crippen molar-refractivity contribution >= 4 is 0 Å². The summed E-state index contributed by atoms with van der Waals surface area (Å²) >= 11 is 0. The molecule has 0 aliphatic heterocycles. The number of hydrogen-bond acceptors (Lipinski definition) is 5. The molecule has 0 amide bonds. The highest BCUT2D eigenvalue weighted by atomic mass is 16.1. The zero-order valence-electron chi connectivity index (χ0n) is 21.5. The van der Waals surface area contributed by atoms with Crippen molar-refractivity contribution in [1.82, 2.24) is 35.2 Å². The number of nitrogens with zero attached hydrogens (tertiary/aromatic N) is 5. The molecule has 1 saturated carbocycles. The van der Waals surface area contributed by atoms with E-state index in [4.69, 9.17) is 4.98 Å². The van der Waals surface area contributed by atoms with Gasteiger partial charge < -0.3 is 4.98 Å². The average Bonchev–Trinajstić information content (AvgIpc) is 3.21. The van der Waals surface area contributed by atoms with Crippen LogP contribution in [0.25, 0.3) is 22.6 Å². The van der Waals surface area contributed by atoms with Crippen molar-refractivity contribution in [3.05, 3.63) is 70.0 Å². The van der Waals surface area contributed by atoms with Crippen molar-refractivity contribution in [2.75, 3.05) is 0 Å². The van der Waals surface area contributed by atoms with Crippen LogP contribution in [0.3, 0.4) is 0 Å². The van der Waals surface area contributed by atoms with Gasteiger partial charge in [-0.3, -0.25) is 9.55 Å². The average molecular weight is 486 g/mol. The van der Waals surface area contributed by atoms with Gasteiger partial charge in [0.2, 0.25) is 5.82 Å². The second kappa shape index (κ2) is 10.2. The summed E-state index contributed by atoms with van der Waals surface area (Å²) < 4.78 is 1.94. The molecular weight excluding hydrogens is 450 g/mol. The third-order valence-corrected chi connectivity index (χ3v) is 7.65. The number of hydrogen-bond donors (Lipinski definition) is 2. The molecule has 8 nitrogen and oxygen atoms in total. The van der Waals surface area contributed by atoms with Crippen LogP contribution < -0.4 is 5.69 Å². The summed E-state index contributed by atoms with van der Waals surface area (Å²) in [7, 11) is 0. The highest BCUT2D eigenvalue weighted by Gasteiger charge is 2.52. The van der Waals surface area contributed by atoms with Gasteiger partial charge in [-0.2, -0.15) is 5.21 Å². The molecule has 3 unspecified atom stereocenters. The van der Waals surface area contributed by atoms with E-state index in [1.54, 1.807) is 0 Å². The Morgan fingerprint density at radius 2 is 1.89 bits per heavy atom. The van der Waals surface area contributed by atoms with E-state index in [0.29, 0.717) is 36.0 Å². The molecule has 1 aliphatic carbocycles. The smallest absolute Gasteiger partial charge is 0.309 e. The Balaban J connectivity index is 1.44. The first-order valence-electron chi connectivity index (χ1n) is 13.1. The number of imidazole rings is 1. The lowest BCUT2D eigenvalue weighted by Gasteiger charge is -2.11. The first-order chi connectivity index (χ1) is 17.5. The predicted octanol–water partition coefficient (Wildman–Crippen LogP) is 5.21. The van der Waals surface area contributed by atoms with E-state index in [9.17, 15) is 4.79 Å². The molecule has 3 atom stereocenters. The third kappa shape index (κ3) is 4.52. The van der Waals surface area contributed by atoms with Crippen LogP contribution in [-0.2, 0) is 13.0 Å². The van der Waals surface area contributed by atoms with Crippen molar-refractivity contribution in [1.29, 1.82) is 0 Å². The fraction of sp³-hybridized carbons (Fsp3) is 0.464. The van der Waals surface area contributed by atoms with E-state index >= 15 is 0 Å². The molecule has 0 saturated heterocycles. The Morgan fingerprint density at radius 1 is 1.08 bits per heavy atom. The summed E-state index contributed by atoms with van der Waals surface area (Å²) in [5, 5.41) is 14.4. The fourth-order valence-corrected chi connectivity index (χ4v) is 5.86. The number of aromatic nitrogens is 7. The lowest BCUT2D eigenvalue weighted by atomic mass is 10.0. The standard InChI is InChI=1S/C28H35N7O/c1-5-7-12-23-26(25-19(6-2)24(25)17(3)4)30-28(36)35(23)16-18-13-14-22(29-15-18)20-10-8-9-11-21(20)27-31-33-34-32-27/h8-11,13-15,17,19,24-25H,5-7,12,16H2,1-4H3,(H,30,36)(H,31,32,33,34). The van der Waals surface area contributed by atoms with Gasteiger partial charge in [0.05, 0.1) is 12.2 Å². The highest BCUT2D eigenvalue weighted by Crippen LogP contribution is 2.59. The van der Waals surface area contributed by atoms with Gasteiger partial charge in [-0.15, -0.1) is 10.2 Å². The third-order valence-electron chi connectivity index (χ3n) is 7.65. The molecular formula is C28H35N7O. The van der Waals surface area contributed by atoms with Gasteiger partial charge in [0, 0.05) is 34.6 Å². The summed E-state index contributed by atoms with van der Waals surface area (Å²) in [5.74, 6) is 2.95. The molecule has 1 aliphatic rings. The molecule has 4 aromatic rings.